The van der Waals surface area contributed by atoms with E-state index >= 15 is 0 Å². The van der Waals surface area contributed by atoms with Crippen LogP contribution in [0.15, 0.2) is 18.0 Å². The van der Waals surface area contributed by atoms with Gasteiger partial charge in [0.1, 0.15) is 5.60 Å². The summed E-state index contributed by atoms with van der Waals surface area (Å²) in [7, 11) is 12.9. The van der Waals surface area contributed by atoms with Gasteiger partial charge in [-0.15, -0.1) is 0 Å². The highest BCUT2D eigenvalue weighted by molar-refractivity contribution is 6.41. The summed E-state index contributed by atoms with van der Waals surface area (Å²) >= 11 is 0. The van der Waals surface area contributed by atoms with E-state index in [0.29, 0.717) is 40.9 Å². The van der Waals surface area contributed by atoms with E-state index in [-0.39, 0.29) is 12.2 Å². The number of ketones is 1. The Morgan fingerprint density at radius 2 is 1.94 bits per heavy atom. The highest BCUT2D eigenvalue weighted by Crippen LogP contribution is 2.45. The third kappa shape index (κ3) is 5.03. The van der Waals surface area contributed by atoms with E-state index in [9.17, 15) is 14.7 Å². The molecule has 0 saturated heterocycles. The molecule has 1 atom stereocenters. The molecule has 4 radical (unpaired) electrons. The molecule has 7 nitrogen and oxygen atoms in total. The molecule has 1 amide bonds. The van der Waals surface area contributed by atoms with Crippen molar-refractivity contribution in [1.29, 1.82) is 0 Å². The molecule has 3 N–H and O–H groups in total. The van der Waals surface area contributed by atoms with Gasteiger partial charge in [0.2, 0.25) is 0 Å². The SMILES string of the molecule is [B]C1([B])Cc2ncc(C(C(C)=O)=C(C)N)cc2C(CO)(CCCC)N1C(=O)OC(C)(C)C. The highest BCUT2D eigenvalue weighted by Gasteiger charge is 2.53. The van der Waals surface area contributed by atoms with Gasteiger partial charge in [-0.05, 0) is 58.9 Å². The first-order chi connectivity index (χ1) is 14.7. The highest BCUT2D eigenvalue weighted by atomic mass is 16.6. The number of nitrogens with zero attached hydrogens (tertiary/aromatic N) is 2. The molecule has 0 spiro atoms. The summed E-state index contributed by atoms with van der Waals surface area (Å²) in [6.45, 7) is 9.88. The van der Waals surface area contributed by atoms with Crippen molar-refractivity contribution in [3.63, 3.8) is 0 Å². The second-order valence-electron chi connectivity index (χ2n) is 9.61. The van der Waals surface area contributed by atoms with Crippen LogP contribution in [-0.4, -0.2) is 60.1 Å². The molecule has 0 aliphatic carbocycles. The van der Waals surface area contributed by atoms with Crippen LogP contribution < -0.4 is 5.73 Å². The van der Waals surface area contributed by atoms with E-state index in [1.807, 2.05) is 6.92 Å². The Bertz CT molecular complexity index is 920. The van der Waals surface area contributed by atoms with Crippen LogP contribution in [0.5, 0.6) is 0 Å². The standard InChI is InChI=1S/C23H33B2N3O4/c1-7-8-9-22(13-29)17-10-16(19(14(2)26)15(3)30)12-27-18(17)11-23(24,25)28(22)20(31)32-21(4,5)6/h10,12,29H,7-9,11,13,26H2,1-6H3. The van der Waals surface area contributed by atoms with E-state index in [0.717, 1.165) is 6.42 Å². The van der Waals surface area contributed by atoms with E-state index in [1.165, 1.54) is 11.8 Å². The third-order valence-electron chi connectivity index (χ3n) is 5.58. The van der Waals surface area contributed by atoms with Crippen molar-refractivity contribution in [2.75, 3.05) is 6.61 Å². The normalized spacial score (nSPS) is 20.9. The number of carbonyl (C=O) groups excluding carboxylic acids is 2. The minimum atomic E-state index is -1.64. The Labute approximate surface area is 193 Å². The number of aromatic nitrogens is 1. The second kappa shape index (κ2) is 9.30. The fraction of sp³-hybridized carbons (Fsp3) is 0.609. The number of carbonyl (C=O) groups is 2. The molecule has 1 aromatic rings. The summed E-state index contributed by atoms with van der Waals surface area (Å²) in [5.74, 6) is -0.207. The lowest BCUT2D eigenvalue weighted by molar-refractivity contribution is -0.111. The number of amides is 1. The van der Waals surface area contributed by atoms with E-state index in [4.69, 9.17) is 26.2 Å². The van der Waals surface area contributed by atoms with Crippen molar-refractivity contribution in [3.8, 4) is 0 Å². The number of pyridine rings is 1. The maximum Gasteiger partial charge on any atom is 0.410 e. The largest absolute Gasteiger partial charge is 0.444 e. The summed E-state index contributed by atoms with van der Waals surface area (Å²) in [4.78, 5) is 31.4. The number of nitrogens with two attached hydrogens (primary N) is 1. The number of unbranched alkanes of at least 4 members (excludes halogenated alkanes) is 1. The fourth-order valence-corrected chi connectivity index (χ4v) is 4.35. The van der Waals surface area contributed by atoms with Gasteiger partial charge >= 0.3 is 6.09 Å². The van der Waals surface area contributed by atoms with Gasteiger partial charge in [0.25, 0.3) is 0 Å². The van der Waals surface area contributed by atoms with E-state index in [1.54, 1.807) is 40.0 Å². The number of Topliss-reactive ketones (excluding diaryl/α,β-unsaturated/α-hetero) is 1. The van der Waals surface area contributed by atoms with Gasteiger partial charge < -0.3 is 20.5 Å². The van der Waals surface area contributed by atoms with Gasteiger partial charge in [-0.25, -0.2) is 4.79 Å². The molecule has 9 heteroatoms. The van der Waals surface area contributed by atoms with Crippen LogP contribution in [0.4, 0.5) is 4.79 Å². The van der Waals surface area contributed by atoms with Crippen molar-refractivity contribution < 1.29 is 19.4 Å². The van der Waals surface area contributed by atoms with Gasteiger partial charge in [0.05, 0.1) is 27.8 Å². The van der Waals surface area contributed by atoms with Crippen molar-refractivity contribution >= 4 is 33.1 Å². The Balaban J connectivity index is 2.81. The van der Waals surface area contributed by atoms with Crippen molar-refractivity contribution in [2.45, 2.75) is 83.7 Å². The summed E-state index contributed by atoms with van der Waals surface area (Å²) in [6.07, 6.45) is 2.76. The van der Waals surface area contributed by atoms with Gasteiger partial charge in [0.15, 0.2) is 5.78 Å². The predicted molar refractivity (Wildman–Crippen MR) is 126 cm³/mol. The number of hydrogen-bond acceptors (Lipinski definition) is 6. The van der Waals surface area contributed by atoms with Crippen LogP contribution >= 0.6 is 0 Å². The first-order valence-corrected chi connectivity index (χ1v) is 10.9. The topological polar surface area (TPSA) is 106 Å². The van der Waals surface area contributed by atoms with Crippen LogP contribution in [-0.2, 0) is 21.5 Å². The Morgan fingerprint density at radius 3 is 2.41 bits per heavy atom. The summed E-state index contributed by atoms with van der Waals surface area (Å²) < 4.78 is 5.63. The number of ether oxygens (including phenoxy) is 1. The molecule has 0 bridgehead atoms. The van der Waals surface area contributed by atoms with Gasteiger partial charge in [-0.3, -0.25) is 9.78 Å². The fourth-order valence-electron chi connectivity index (χ4n) is 4.35. The van der Waals surface area contributed by atoms with Gasteiger partial charge in [0, 0.05) is 34.3 Å². The smallest absolute Gasteiger partial charge is 0.410 e. The molecule has 2 heterocycles. The predicted octanol–water partition coefficient (Wildman–Crippen LogP) is 2.52. The van der Waals surface area contributed by atoms with Crippen LogP contribution in [0, 0.1) is 0 Å². The number of fused-ring (bicyclic) bond motifs is 1. The monoisotopic (exact) mass is 437 g/mol. The lowest BCUT2D eigenvalue weighted by Crippen LogP contribution is -2.68. The summed E-state index contributed by atoms with van der Waals surface area (Å²) in [6, 6.07) is 1.76. The number of aliphatic hydroxyl groups is 1. The molecule has 1 unspecified atom stereocenters. The minimum Gasteiger partial charge on any atom is -0.444 e. The molecular weight excluding hydrogens is 404 g/mol. The number of rotatable bonds is 6. The molecule has 2 rings (SSSR count). The van der Waals surface area contributed by atoms with Crippen molar-refractivity contribution in [2.24, 2.45) is 5.73 Å². The van der Waals surface area contributed by atoms with Crippen LogP contribution in [0.1, 0.15) is 77.6 Å². The Morgan fingerprint density at radius 1 is 1.31 bits per heavy atom. The lowest BCUT2D eigenvalue weighted by Gasteiger charge is -2.56. The summed E-state index contributed by atoms with van der Waals surface area (Å²) in [5, 5.41) is 9.09. The lowest BCUT2D eigenvalue weighted by atomic mass is 9.53. The number of aliphatic hydroxyl groups excluding tert-OH is 1. The molecular formula is C23H33B2N3O4. The van der Waals surface area contributed by atoms with E-state index < -0.39 is 29.2 Å². The Hall–Kier alpha value is -2.28. The number of allylic oxidation sites excluding steroid dienone is 2. The molecule has 1 aromatic heterocycles. The molecule has 1 aliphatic heterocycles. The van der Waals surface area contributed by atoms with Crippen molar-refractivity contribution in [3.05, 3.63) is 34.8 Å². The van der Waals surface area contributed by atoms with Crippen molar-refractivity contribution in [1.82, 2.24) is 9.88 Å². The molecule has 170 valence electrons. The van der Waals surface area contributed by atoms with Crippen LogP contribution in [0.2, 0.25) is 0 Å². The second-order valence-corrected chi connectivity index (χ2v) is 9.61. The molecule has 0 aromatic carbocycles. The molecule has 0 saturated carbocycles. The van der Waals surface area contributed by atoms with Gasteiger partial charge in [-0.1, -0.05) is 19.8 Å². The Kier molecular flexibility index (Phi) is 7.55. The van der Waals surface area contributed by atoms with Crippen LogP contribution in [0.3, 0.4) is 0 Å². The zero-order valence-electron chi connectivity index (χ0n) is 20.0. The molecule has 1 aliphatic rings. The first-order valence-electron chi connectivity index (χ1n) is 10.9. The molecule has 0 fully saturated rings. The zero-order chi connectivity index (χ0) is 24.5. The molecule has 32 heavy (non-hydrogen) atoms. The quantitative estimate of drug-likeness (QED) is 0.524. The maximum atomic E-state index is 13.3. The van der Waals surface area contributed by atoms with Crippen LogP contribution in [0.25, 0.3) is 5.57 Å². The van der Waals surface area contributed by atoms with Gasteiger partial charge in [-0.2, -0.15) is 0 Å². The summed E-state index contributed by atoms with van der Waals surface area (Å²) in [5.41, 5.74) is 6.25. The average molecular weight is 437 g/mol. The average Bonchev–Trinajstić information content (AvgIpc) is 2.63. The first kappa shape index (κ1) is 26.0. The van der Waals surface area contributed by atoms with E-state index in [2.05, 4.69) is 4.98 Å². The third-order valence-corrected chi connectivity index (χ3v) is 5.58. The zero-order valence-corrected chi connectivity index (χ0v) is 20.0. The maximum absolute atomic E-state index is 13.3. The number of hydrogen-bond donors (Lipinski definition) is 2. The minimum absolute atomic E-state index is 0.0520.